The molecule has 1 saturated heterocycles. The van der Waals surface area contributed by atoms with E-state index >= 15 is 0 Å². The van der Waals surface area contributed by atoms with E-state index in [0.717, 1.165) is 37.2 Å². The second kappa shape index (κ2) is 7.39. The number of benzene rings is 2. The topological polar surface area (TPSA) is 71.3 Å². The lowest BCUT2D eigenvalue weighted by molar-refractivity contribution is 0.0793. The summed E-state index contributed by atoms with van der Waals surface area (Å²) < 4.78 is 5.31. The fourth-order valence-electron chi connectivity index (χ4n) is 3.07. The lowest BCUT2D eigenvalue weighted by atomic mass is 10.1. The van der Waals surface area contributed by atoms with Gasteiger partial charge in [0.2, 0.25) is 0 Å². The van der Waals surface area contributed by atoms with Crippen molar-refractivity contribution in [2.24, 2.45) is 0 Å². The number of aromatic nitrogens is 2. The Balaban J connectivity index is 1.41. The summed E-state index contributed by atoms with van der Waals surface area (Å²) in [5.41, 5.74) is 2.46. The van der Waals surface area contributed by atoms with E-state index in [9.17, 15) is 4.79 Å². The SMILES string of the molecule is O=C(c1cccc(NCc2noc(-c3ccccc3)n2)c1)N1CCCC1. The molecular formula is C20H20N4O2. The molecular weight excluding hydrogens is 328 g/mol. The van der Waals surface area contributed by atoms with Crippen LogP contribution in [0, 0.1) is 0 Å². The molecule has 2 heterocycles. The molecule has 1 aliphatic heterocycles. The van der Waals surface area contributed by atoms with Crippen LogP contribution in [0.25, 0.3) is 11.5 Å². The van der Waals surface area contributed by atoms with Crippen molar-refractivity contribution in [2.45, 2.75) is 19.4 Å². The summed E-state index contributed by atoms with van der Waals surface area (Å²) in [6.07, 6.45) is 2.18. The van der Waals surface area contributed by atoms with Gasteiger partial charge in [0.05, 0.1) is 6.54 Å². The van der Waals surface area contributed by atoms with Crippen LogP contribution in [-0.4, -0.2) is 34.0 Å². The smallest absolute Gasteiger partial charge is 0.257 e. The lowest BCUT2D eigenvalue weighted by Gasteiger charge is -2.15. The number of nitrogens with one attached hydrogen (secondary N) is 1. The lowest BCUT2D eigenvalue weighted by Crippen LogP contribution is -2.27. The standard InChI is InChI=1S/C20H20N4O2/c25-20(24-11-4-5-12-24)16-9-6-10-17(13-16)21-14-18-22-19(26-23-18)15-7-2-1-3-8-15/h1-3,6-10,13,21H,4-5,11-12,14H2. The van der Waals surface area contributed by atoms with E-state index < -0.39 is 0 Å². The number of anilines is 1. The van der Waals surface area contributed by atoms with Crippen LogP contribution in [0.15, 0.2) is 59.1 Å². The normalized spacial score (nSPS) is 13.8. The minimum Gasteiger partial charge on any atom is -0.378 e. The van der Waals surface area contributed by atoms with Gasteiger partial charge in [0.15, 0.2) is 5.82 Å². The van der Waals surface area contributed by atoms with Gasteiger partial charge < -0.3 is 14.7 Å². The molecule has 1 aromatic heterocycles. The highest BCUT2D eigenvalue weighted by Gasteiger charge is 2.19. The Kier molecular flexibility index (Phi) is 4.64. The predicted molar refractivity (Wildman–Crippen MR) is 98.6 cm³/mol. The summed E-state index contributed by atoms with van der Waals surface area (Å²) >= 11 is 0. The van der Waals surface area contributed by atoms with Crippen molar-refractivity contribution < 1.29 is 9.32 Å². The van der Waals surface area contributed by atoms with Gasteiger partial charge >= 0.3 is 0 Å². The molecule has 0 radical (unpaired) electrons. The molecule has 0 unspecified atom stereocenters. The van der Waals surface area contributed by atoms with Crippen molar-refractivity contribution in [3.8, 4) is 11.5 Å². The molecule has 1 fully saturated rings. The number of amides is 1. The van der Waals surface area contributed by atoms with Gasteiger partial charge in [-0.15, -0.1) is 0 Å². The van der Waals surface area contributed by atoms with E-state index in [1.165, 1.54) is 0 Å². The van der Waals surface area contributed by atoms with Crippen LogP contribution < -0.4 is 5.32 Å². The molecule has 0 atom stereocenters. The summed E-state index contributed by atoms with van der Waals surface area (Å²) in [7, 11) is 0. The maximum atomic E-state index is 12.5. The molecule has 1 aliphatic rings. The zero-order chi connectivity index (χ0) is 17.8. The van der Waals surface area contributed by atoms with Crippen molar-refractivity contribution in [2.75, 3.05) is 18.4 Å². The highest BCUT2D eigenvalue weighted by molar-refractivity contribution is 5.95. The third-order valence-corrected chi connectivity index (χ3v) is 4.44. The van der Waals surface area contributed by atoms with Crippen molar-refractivity contribution in [1.29, 1.82) is 0 Å². The maximum absolute atomic E-state index is 12.5. The first-order chi connectivity index (χ1) is 12.8. The number of hydrogen-bond acceptors (Lipinski definition) is 5. The Hall–Kier alpha value is -3.15. The fraction of sp³-hybridized carbons (Fsp3) is 0.250. The van der Waals surface area contributed by atoms with Crippen LogP contribution in [0.1, 0.15) is 29.0 Å². The second-order valence-electron chi connectivity index (χ2n) is 6.32. The molecule has 2 aromatic carbocycles. The minimum absolute atomic E-state index is 0.0945. The Morgan fingerprint density at radius 1 is 1.08 bits per heavy atom. The number of hydrogen-bond donors (Lipinski definition) is 1. The Morgan fingerprint density at radius 2 is 1.88 bits per heavy atom. The van der Waals surface area contributed by atoms with E-state index in [2.05, 4.69) is 15.5 Å². The van der Waals surface area contributed by atoms with Gasteiger partial charge in [0.25, 0.3) is 11.8 Å². The van der Waals surface area contributed by atoms with Crippen molar-refractivity contribution in [3.63, 3.8) is 0 Å². The average Bonchev–Trinajstić information content (AvgIpc) is 3.39. The molecule has 1 N–H and O–H groups in total. The van der Waals surface area contributed by atoms with Crippen LogP contribution in [-0.2, 0) is 6.54 Å². The Morgan fingerprint density at radius 3 is 2.69 bits per heavy atom. The molecule has 0 spiro atoms. The van der Waals surface area contributed by atoms with Crippen LogP contribution in [0.4, 0.5) is 5.69 Å². The van der Waals surface area contributed by atoms with Crippen molar-refractivity contribution >= 4 is 11.6 Å². The number of carbonyl (C=O) groups excluding carboxylic acids is 1. The van der Waals surface area contributed by atoms with Crippen LogP contribution in [0.5, 0.6) is 0 Å². The van der Waals surface area contributed by atoms with Gasteiger partial charge in [-0.2, -0.15) is 4.98 Å². The first-order valence-corrected chi connectivity index (χ1v) is 8.81. The molecule has 6 heteroatoms. The van der Waals surface area contributed by atoms with Crippen LogP contribution in [0.2, 0.25) is 0 Å². The summed E-state index contributed by atoms with van der Waals surface area (Å²) in [5.74, 6) is 1.16. The minimum atomic E-state index is 0.0945. The monoisotopic (exact) mass is 348 g/mol. The molecule has 0 aliphatic carbocycles. The molecule has 0 saturated carbocycles. The Bertz CT molecular complexity index is 886. The molecule has 1 amide bonds. The predicted octanol–water partition coefficient (Wildman–Crippen LogP) is 3.58. The number of carbonyl (C=O) groups is 1. The summed E-state index contributed by atoms with van der Waals surface area (Å²) in [5, 5.41) is 7.26. The van der Waals surface area contributed by atoms with E-state index in [1.54, 1.807) is 0 Å². The first kappa shape index (κ1) is 16.3. The van der Waals surface area contributed by atoms with E-state index in [1.807, 2.05) is 59.5 Å². The molecule has 0 bridgehead atoms. The van der Waals surface area contributed by atoms with Crippen LogP contribution >= 0.6 is 0 Å². The third-order valence-electron chi connectivity index (χ3n) is 4.44. The van der Waals surface area contributed by atoms with E-state index in [4.69, 9.17) is 4.52 Å². The van der Waals surface area contributed by atoms with Gasteiger partial charge in [-0.3, -0.25) is 4.79 Å². The zero-order valence-electron chi connectivity index (χ0n) is 14.4. The van der Waals surface area contributed by atoms with Gasteiger partial charge in [0.1, 0.15) is 0 Å². The zero-order valence-corrected chi connectivity index (χ0v) is 14.4. The molecule has 3 aromatic rings. The van der Waals surface area contributed by atoms with Crippen LogP contribution in [0.3, 0.4) is 0 Å². The molecule has 26 heavy (non-hydrogen) atoms. The Labute approximate surface area is 151 Å². The molecule has 4 rings (SSSR count). The first-order valence-electron chi connectivity index (χ1n) is 8.81. The summed E-state index contributed by atoms with van der Waals surface area (Å²) in [4.78, 5) is 18.8. The third kappa shape index (κ3) is 3.59. The van der Waals surface area contributed by atoms with Gasteiger partial charge in [-0.1, -0.05) is 29.4 Å². The van der Waals surface area contributed by atoms with Crippen molar-refractivity contribution in [3.05, 3.63) is 66.0 Å². The van der Waals surface area contributed by atoms with Crippen molar-refractivity contribution in [1.82, 2.24) is 15.0 Å². The maximum Gasteiger partial charge on any atom is 0.257 e. The number of likely N-dealkylation sites (tertiary alicyclic amines) is 1. The van der Waals surface area contributed by atoms with Gasteiger partial charge in [0, 0.05) is 29.9 Å². The highest BCUT2D eigenvalue weighted by atomic mass is 16.5. The molecule has 132 valence electrons. The average molecular weight is 348 g/mol. The van der Waals surface area contributed by atoms with Gasteiger partial charge in [-0.25, -0.2) is 0 Å². The quantitative estimate of drug-likeness (QED) is 0.763. The summed E-state index contributed by atoms with van der Waals surface area (Å²) in [6.45, 7) is 2.13. The number of rotatable bonds is 5. The second-order valence-corrected chi connectivity index (χ2v) is 6.32. The number of nitrogens with zero attached hydrogens (tertiary/aromatic N) is 3. The largest absolute Gasteiger partial charge is 0.378 e. The van der Waals surface area contributed by atoms with E-state index in [0.29, 0.717) is 23.8 Å². The van der Waals surface area contributed by atoms with Gasteiger partial charge in [-0.05, 0) is 43.2 Å². The van der Waals surface area contributed by atoms with E-state index in [-0.39, 0.29) is 5.91 Å². The summed E-state index contributed by atoms with van der Waals surface area (Å²) in [6, 6.07) is 17.2. The fourth-order valence-corrected chi connectivity index (χ4v) is 3.07. The molecule has 6 nitrogen and oxygen atoms in total. The highest BCUT2D eigenvalue weighted by Crippen LogP contribution is 2.18.